The highest BCUT2D eigenvalue weighted by molar-refractivity contribution is 5.79. The molecule has 1 saturated heterocycles. The number of rotatable bonds is 9. The second kappa shape index (κ2) is 10.5. The van der Waals surface area contributed by atoms with E-state index in [1.165, 1.54) is 19.1 Å². The van der Waals surface area contributed by atoms with Crippen LogP contribution in [0.5, 0.6) is 28.7 Å². The fourth-order valence-corrected chi connectivity index (χ4v) is 5.78. The average Bonchev–Trinajstić information content (AvgIpc) is 3.53. The van der Waals surface area contributed by atoms with Crippen LogP contribution in [-0.2, 0) is 9.53 Å². The number of esters is 1. The average molecular weight is 531 g/mol. The smallest absolute Gasteiger partial charge is 0.407 e. The lowest BCUT2D eigenvalue weighted by atomic mass is 9.65. The molecule has 1 aliphatic carbocycles. The number of aliphatic hydroxyl groups is 1. The van der Waals surface area contributed by atoms with E-state index in [0.29, 0.717) is 41.3 Å². The van der Waals surface area contributed by atoms with E-state index >= 15 is 0 Å². The van der Waals surface area contributed by atoms with E-state index in [1.54, 1.807) is 24.3 Å². The number of nitrogens with one attached hydrogen (secondary N) is 1. The first-order valence-corrected chi connectivity index (χ1v) is 12.3. The number of hydrogen-bond acceptors (Lipinski definition) is 10. The van der Waals surface area contributed by atoms with Crippen molar-refractivity contribution in [1.29, 1.82) is 0 Å². The highest BCUT2D eigenvalue weighted by atomic mass is 16.7. The van der Waals surface area contributed by atoms with Crippen LogP contribution in [0.2, 0.25) is 0 Å². The number of carboxylic acid groups (broad SMARTS) is 1. The first kappa shape index (κ1) is 25.7. The zero-order valence-electron chi connectivity index (χ0n) is 21.0. The number of carbonyl (C=O) groups excluding carboxylic acids is 1. The molecule has 1 amide bonds. The van der Waals surface area contributed by atoms with E-state index < -0.39 is 35.9 Å². The van der Waals surface area contributed by atoms with Gasteiger partial charge in [0.25, 0.3) is 0 Å². The number of phenolic OH excluding ortho intramolecular Hbond substituents is 1. The van der Waals surface area contributed by atoms with E-state index in [-0.39, 0.29) is 43.8 Å². The van der Waals surface area contributed by atoms with Crippen molar-refractivity contribution in [3.05, 3.63) is 41.0 Å². The Kier molecular flexibility index (Phi) is 7.09. The van der Waals surface area contributed by atoms with E-state index in [0.717, 1.165) is 0 Å². The zero-order valence-corrected chi connectivity index (χ0v) is 21.0. The quantitative estimate of drug-likeness (QED) is 0.276. The van der Waals surface area contributed by atoms with Crippen molar-refractivity contribution in [3.8, 4) is 28.7 Å². The highest BCUT2D eigenvalue weighted by Gasteiger charge is 2.54. The maximum atomic E-state index is 13.3. The Bertz CT molecular complexity index is 1210. The maximum Gasteiger partial charge on any atom is 0.407 e. The Morgan fingerprint density at radius 2 is 1.71 bits per heavy atom. The van der Waals surface area contributed by atoms with E-state index in [1.807, 2.05) is 0 Å². The number of hydrogen-bond donors (Lipinski definition) is 4. The molecule has 2 heterocycles. The number of carbonyl (C=O) groups is 2. The summed E-state index contributed by atoms with van der Waals surface area (Å²) in [6.07, 6.45) is -1.14. The van der Waals surface area contributed by atoms with Gasteiger partial charge in [-0.15, -0.1) is 0 Å². The molecular formula is C26H30N2O10. The minimum Gasteiger partial charge on any atom is -0.502 e. The first-order valence-electron chi connectivity index (χ1n) is 12.3. The predicted molar refractivity (Wildman–Crippen MR) is 131 cm³/mol. The maximum absolute atomic E-state index is 13.3. The molecule has 0 saturated carbocycles. The van der Waals surface area contributed by atoms with E-state index in [4.69, 9.17) is 28.8 Å². The van der Waals surface area contributed by atoms with E-state index in [9.17, 15) is 19.8 Å². The van der Waals surface area contributed by atoms with Gasteiger partial charge in [-0.25, -0.2) is 4.79 Å². The molecule has 5 rings (SSSR count). The van der Waals surface area contributed by atoms with Gasteiger partial charge in [0, 0.05) is 31.5 Å². The largest absolute Gasteiger partial charge is 0.502 e. The lowest BCUT2D eigenvalue weighted by Crippen LogP contribution is -2.47. The van der Waals surface area contributed by atoms with Crippen LogP contribution in [0.25, 0.3) is 0 Å². The van der Waals surface area contributed by atoms with Gasteiger partial charge in [-0.05, 0) is 41.0 Å². The van der Waals surface area contributed by atoms with E-state index in [2.05, 4.69) is 5.32 Å². The molecule has 3 aliphatic rings. The number of methoxy groups -OCH3 is 2. The normalized spacial score (nSPS) is 22.9. The van der Waals surface area contributed by atoms with Gasteiger partial charge >= 0.3 is 12.1 Å². The van der Waals surface area contributed by atoms with Crippen molar-refractivity contribution in [2.24, 2.45) is 11.8 Å². The standard InChI is InChI=1S/C26H30N2O10/c1-34-19-7-13(8-20(35-2)24(19)30)21-14-9-17-18(38-12-37-17)10-15(14)23(16-11-36-25(31)22(16)21)28(26(32)33)5-3-27-4-6-29/h7-10,16,21-23,27,29-30H,3-6,11-12H2,1-2H3,(H,32,33)/t16-,21+,22+,23+/m0/s1. The zero-order chi connectivity index (χ0) is 27.0. The number of benzene rings is 2. The van der Waals surface area contributed by atoms with Gasteiger partial charge in [-0.3, -0.25) is 9.69 Å². The molecule has 2 aromatic rings. The molecule has 2 aliphatic heterocycles. The minimum atomic E-state index is -1.14. The Hall–Kier alpha value is -3.90. The summed E-state index contributed by atoms with van der Waals surface area (Å²) in [4.78, 5) is 27.1. The third-order valence-corrected chi connectivity index (χ3v) is 7.41. The summed E-state index contributed by atoms with van der Waals surface area (Å²) < 4.78 is 27.6. The number of phenols is 1. The molecule has 204 valence electrons. The molecule has 0 unspecified atom stereocenters. The number of aliphatic hydroxyl groups excluding tert-OH is 1. The topological polar surface area (TPSA) is 156 Å². The molecule has 12 nitrogen and oxygen atoms in total. The lowest BCUT2D eigenvalue weighted by Gasteiger charge is -2.43. The highest BCUT2D eigenvalue weighted by Crippen LogP contribution is 2.56. The molecule has 0 bridgehead atoms. The number of cyclic esters (lactones) is 1. The third-order valence-electron chi connectivity index (χ3n) is 7.41. The van der Waals surface area contributed by atoms with Crippen LogP contribution < -0.4 is 24.3 Å². The van der Waals surface area contributed by atoms with Crippen molar-refractivity contribution < 1.29 is 48.6 Å². The fraction of sp³-hybridized carbons (Fsp3) is 0.462. The van der Waals surface area contributed by atoms with Gasteiger partial charge in [0.1, 0.15) is 0 Å². The van der Waals surface area contributed by atoms with Crippen molar-refractivity contribution >= 4 is 12.1 Å². The van der Waals surface area contributed by atoms with Gasteiger partial charge < -0.3 is 44.3 Å². The lowest BCUT2D eigenvalue weighted by molar-refractivity contribution is -0.141. The van der Waals surface area contributed by atoms with Gasteiger partial charge in [0.05, 0.1) is 39.4 Å². The summed E-state index contributed by atoms with van der Waals surface area (Å²) >= 11 is 0. The van der Waals surface area contributed by atoms with Crippen LogP contribution in [0.15, 0.2) is 24.3 Å². The molecule has 0 aromatic heterocycles. The molecular weight excluding hydrogens is 500 g/mol. The van der Waals surface area contributed by atoms with Crippen molar-refractivity contribution in [2.75, 3.05) is 53.9 Å². The van der Waals surface area contributed by atoms with Gasteiger partial charge in [-0.1, -0.05) is 0 Å². The number of fused-ring (bicyclic) bond motifs is 3. The molecule has 4 atom stereocenters. The minimum absolute atomic E-state index is 0.0248. The van der Waals surface area contributed by atoms with Gasteiger partial charge in [0.15, 0.2) is 23.0 Å². The summed E-state index contributed by atoms with van der Waals surface area (Å²) in [5.41, 5.74) is 1.99. The second-order valence-corrected chi connectivity index (χ2v) is 9.30. The molecule has 38 heavy (non-hydrogen) atoms. The number of aromatic hydroxyl groups is 1. The van der Waals surface area contributed by atoms with Crippen LogP contribution >= 0.6 is 0 Å². The Morgan fingerprint density at radius 1 is 1.05 bits per heavy atom. The SMILES string of the molecule is COc1cc([C@@H]2c3cc4c(cc3[C@@H](N(CCNCCO)C(=O)O)[C@H]3COC(=O)[C@@H]23)OCO4)cc(OC)c1O. The van der Waals surface area contributed by atoms with Crippen LogP contribution in [0, 0.1) is 11.8 Å². The first-order chi connectivity index (χ1) is 18.4. The molecule has 4 N–H and O–H groups in total. The summed E-state index contributed by atoms with van der Waals surface area (Å²) in [7, 11) is 2.84. The van der Waals surface area contributed by atoms with Gasteiger partial charge in [-0.2, -0.15) is 0 Å². The summed E-state index contributed by atoms with van der Waals surface area (Å²) in [5.74, 6) is -1.08. The van der Waals surface area contributed by atoms with Crippen molar-refractivity contribution in [2.45, 2.75) is 12.0 Å². The molecule has 1 fully saturated rings. The number of ether oxygens (including phenoxy) is 5. The summed E-state index contributed by atoms with van der Waals surface area (Å²) in [5, 5.41) is 32.8. The fourth-order valence-electron chi connectivity index (χ4n) is 5.78. The van der Waals surface area contributed by atoms with Crippen molar-refractivity contribution in [1.82, 2.24) is 10.2 Å². The summed E-state index contributed by atoms with van der Waals surface area (Å²) in [6.45, 7) is 0.753. The van der Waals surface area contributed by atoms with Crippen LogP contribution in [-0.4, -0.2) is 86.1 Å². The van der Waals surface area contributed by atoms with Crippen LogP contribution in [0.1, 0.15) is 28.7 Å². The summed E-state index contributed by atoms with van der Waals surface area (Å²) in [6, 6.07) is 6.15. The van der Waals surface area contributed by atoms with Crippen LogP contribution in [0.4, 0.5) is 4.79 Å². The Balaban J connectivity index is 1.69. The molecule has 0 spiro atoms. The number of amides is 1. The van der Waals surface area contributed by atoms with Crippen LogP contribution in [0.3, 0.4) is 0 Å². The predicted octanol–water partition coefficient (Wildman–Crippen LogP) is 1.68. The Morgan fingerprint density at radius 3 is 2.32 bits per heavy atom. The monoisotopic (exact) mass is 530 g/mol. The van der Waals surface area contributed by atoms with Crippen molar-refractivity contribution in [3.63, 3.8) is 0 Å². The Labute approximate surface area is 218 Å². The van der Waals surface area contributed by atoms with Gasteiger partial charge in [0.2, 0.25) is 12.5 Å². The second-order valence-electron chi connectivity index (χ2n) is 9.30. The third kappa shape index (κ3) is 4.29. The molecule has 2 aromatic carbocycles. The molecule has 12 heteroatoms. The number of nitrogens with zero attached hydrogens (tertiary/aromatic N) is 1. The molecule has 0 radical (unpaired) electrons.